The van der Waals surface area contributed by atoms with Crippen molar-refractivity contribution in [3.8, 4) is 0 Å². The molecule has 0 aromatic heterocycles. The highest BCUT2D eigenvalue weighted by Crippen LogP contribution is 2.19. The van der Waals surface area contributed by atoms with Gasteiger partial charge in [0.25, 0.3) is 0 Å². The standard InChI is InChI=1S/C11H12O2S/c1-9-3-5-10(6-4-9)14-8-7-11(12)13-2/h3-8H,1-2H3. The third kappa shape index (κ3) is 3.66. The summed E-state index contributed by atoms with van der Waals surface area (Å²) in [5.41, 5.74) is 1.23. The molecule has 74 valence electrons. The maximum atomic E-state index is 10.7. The third-order valence-electron chi connectivity index (χ3n) is 1.63. The first-order chi connectivity index (χ1) is 6.72. The highest BCUT2D eigenvalue weighted by atomic mass is 32.2. The number of hydrogen-bond acceptors (Lipinski definition) is 3. The molecule has 1 aromatic rings. The lowest BCUT2D eigenvalue weighted by Crippen LogP contribution is -1.92. The molecule has 0 N–H and O–H groups in total. The van der Waals surface area contributed by atoms with Crippen LogP contribution in [-0.4, -0.2) is 13.1 Å². The Morgan fingerprint density at radius 2 is 2.00 bits per heavy atom. The van der Waals surface area contributed by atoms with E-state index in [1.54, 1.807) is 5.41 Å². The molecule has 1 rings (SSSR count). The van der Waals surface area contributed by atoms with Crippen LogP contribution in [0.25, 0.3) is 0 Å². The summed E-state index contributed by atoms with van der Waals surface area (Å²) in [6.07, 6.45) is 1.41. The summed E-state index contributed by atoms with van der Waals surface area (Å²) in [5.74, 6) is -0.329. The van der Waals surface area contributed by atoms with Gasteiger partial charge in [0.15, 0.2) is 0 Å². The first-order valence-electron chi connectivity index (χ1n) is 4.20. The highest BCUT2D eigenvalue weighted by molar-refractivity contribution is 8.02. The molecule has 0 aliphatic carbocycles. The van der Waals surface area contributed by atoms with E-state index in [0.717, 1.165) is 4.90 Å². The van der Waals surface area contributed by atoms with Crippen LogP contribution in [-0.2, 0) is 9.53 Å². The SMILES string of the molecule is COC(=O)C=CSc1ccc(C)cc1. The fraction of sp³-hybridized carbons (Fsp3) is 0.182. The van der Waals surface area contributed by atoms with Crippen molar-refractivity contribution in [3.05, 3.63) is 41.3 Å². The Hall–Kier alpha value is -1.22. The Labute approximate surface area is 88.0 Å². The average Bonchev–Trinajstić information content (AvgIpc) is 2.21. The number of carbonyl (C=O) groups is 1. The molecule has 0 bridgehead atoms. The minimum Gasteiger partial charge on any atom is -0.466 e. The molecule has 0 spiro atoms. The van der Waals surface area contributed by atoms with Crippen molar-refractivity contribution < 1.29 is 9.53 Å². The Morgan fingerprint density at radius 3 is 2.57 bits per heavy atom. The zero-order chi connectivity index (χ0) is 10.4. The third-order valence-corrected chi connectivity index (χ3v) is 2.45. The summed E-state index contributed by atoms with van der Waals surface area (Å²) in [5, 5.41) is 1.72. The molecule has 0 saturated heterocycles. The quantitative estimate of drug-likeness (QED) is 0.434. The van der Waals surface area contributed by atoms with E-state index in [1.807, 2.05) is 31.2 Å². The van der Waals surface area contributed by atoms with Crippen molar-refractivity contribution in [3.63, 3.8) is 0 Å². The largest absolute Gasteiger partial charge is 0.466 e. The van der Waals surface area contributed by atoms with Crippen molar-refractivity contribution in [1.82, 2.24) is 0 Å². The Balaban J connectivity index is 2.49. The van der Waals surface area contributed by atoms with Crippen LogP contribution < -0.4 is 0 Å². The maximum Gasteiger partial charge on any atom is 0.330 e. The second-order valence-electron chi connectivity index (χ2n) is 2.76. The van der Waals surface area contributed by atoms with Gasteiger partial charge in [-0.2, -0.15) is 0 Å². The van der Waals surface area contributed by atoms with Crippen LogP contribution in [0, 0.1) is 6.92 Å². The summed E-state index contributed by atoms with van der Waals surface area (Å²) in [4.78, 5) is 11.8. The van der Waals surface area contributed by atoms with E-state index in [0.29, 0.717) is 0 Å². The molecule has 0 atom stereocenters. The smallest absolute Gasteiger partial charge is 0.330 e. The number of carbonyl (C=O) groups excluding carboxylic acids is 1. The molecule has 2 nitrogen and oxygen atoms in total. The van der Waals surface area contributed by atoms with E-state index in [1.165, 1.54) is 30.5 Å². The molecular weight excluding hydrogens is 196 g/mol. The van der Waals surface area contributed by atoms with Gasteiger partial charge in [0, 0.05) is 11.0 Å². The van der Waals surface area contributed by atoms with Crippen LogP contribution in [0.4, 0.5) is 0 Å². The summed E-state index contributed by atoms with van der Waals surface area (Å²) in [6.45, 7) is 2.04. The lowest BCUT2D eigenvalue weighted by Gasteiger charge is -1.96. The van der Waals surface area contributed by atoms with Crippen LogP contribution in [0.2, 0.25) is 0 Å². The minimum absolute atomic E-state index is 0.329. The molecule has 0 unspecified atom stereocenters. The minimum atomic E-state index is -0.329. The van der Waals surface area contributed by atoms with E-state index in [4.69, 9.17) is 0 Å². The molecule has 0 amide bonds. The van der Waals surface area contributed by atoms with Crippen molar-refractivity contribution in [2.45, 2.75) is 11.8 Å². The van der Waals surface area contributed by atoms with Gasteiger partial charge in [-0.05, 0) is 24.5 Å². The van der Waals surface area contributed by atoms with E-state index >= 15 is 0 Å². The van der Waals surface area contributed by atoms with Gasteiger partial charge in [-0.15, -0.1) is 0 Å². The number of aryl methyl sites for hydroxylation is 1. The zero-order valence-electron chi connectivity index (χ0n) is 8.19. The molecule has 3 heteroatoms. The summed E-state index contributed by atoms with van der Waals surface area (Å²) in [7, 11) is 1.36. The van der Waals surface area contributed by atoms with Gasteiger partial charge in [0.05, 0.1) is 7.11 Å². The topological polar surface area (TPSA) is 26.3 Å². The number of ether oxygens (including phenoxy) is 1. The second-order valence-corrected chi connectivity index (χ2v) is 3.74. The summed E-state index contributed by atoms with van der Waals surface area (Å²) >= 11 is 1.49. The van der Waals surface area contributed by atoms with Crippen molar-refractivity contribution in [1.29, 1.82) is 0 Å². The predicted octanol–water partition coefficient (Wildman–Crippen LogP) is 2.77. The average molecular weight is 208 g/mol. The molecule has 0 aliphatic heterocycles. The van der Waals surface area contributed by atoms with Gasteiger partial charge in [-0.3, -0.25) is 0 Å². The molecule has 0 radical (unpaired) electrons. The molecule has 0 heterocycles. The van der Waals surface area contributed by atoms with Crippen molar-refractivity contribution >= 4 is 17.7 Å². The Bertz CT molecular complexity index is 328. The van der Waals surface area contributed by atoms with E-state index in [9.17, 15) is 4.79 Å². The summed E-state index contributed by atoms with van der Waals surface area (Å²) in [6, 6.07) is 8.10. The highest BCUT2D eigenvalue weighted by Gasteiger charge is 1.92. The van der Waals surface area contributed by atoms with Gasteiger partial charge in [0.2, 0.25) is 0 Å². The molecule has 0 fully saturated rings. The van der Waals surface area contributed by atoms with Gasteiger partial charge in [-0.1, -0.05) is 29.5 Å². The van der Waals surface area contributed by atoms with Crippen LogP contribution in [0.15, 0.2) is 40.6 Å². The number of rotatable bonds is 3. The lowest BCUT2D eigenvalue weighted by molar-refractivity contribution is -0.134. The predicted molar refractivity (Wildman–Crippen MR) is 58.2 cm³/mol. The van der Waals surface area contributed by atoms with E-state index in [2.05, 4.69) is 4.74 Å². The van der Waals surface area contributed by atoms with Crippen LogP contribution in [0.5, 0.6) is 0 Å². The first kappa shape index (κ1) is 10.9. The number of thioether (sulfide) groups is 1. The fourth-order valence-corrected chi connectivity index (χ4v) is 1.48. The monoisotopic (exact) mass is 208 g/mol. The van der Waals surface area contributed by atoms with Gasteiger partial charge < -0.3 is 4.74 Å². The lowest BCUT2D eigenvalue weighted by atomic mass is 10.2. The first-order valence-corrected chi connectivity index (χ1v) is 5.08. The number of hydrogen-bond donors (Lipinski definition) is 0. The van der Waals surface area contributed by atoms with Gasteiger partial charge in [-0.25, -0.2) is 4.79 Å². The molecule has 1 aromatic carbocycles. The summed E-state index contributed by atoms with van der Waals surface area (Å²) < 4.78 is 4.47. The number of esters is 1. The van der Waals surface area contributed by atoms with Crippen molar-refractivity contribution in [2.75, 3.05) is 7.11 Å². The van der Waals surface area contributed by atoms with Crippen molar-refractivity contribution in [2.24, 2.45) is 0 Å². The molecule has 14 heavy (non-hydrogen) atoms. The molecular formula is C11H12O2S. The van der Waals surface area contributed by atoms with Gasteiger partial charge in [0.1, 0.15) is 0 Å². The van der Waals surface area contributed by atoms with E-state index < -0.39 is 0 Å². The number of benzene rings is 1. The van der Waals surface area contributed by atoms with Crippen LogP contribution in [0.1, 0.15) is 5.56 Å². The normalized spacial score (nSPS) is 10.4. The fourth-order valence-electron chi connectivity index (χ4n) is 0.853. The number of methoxy groups -OCH3 is 1. The van der Waals surface area contributed by atoms with Crippen LogP contribution >= 0.6 is 11.8 Å². The zero-order valence-corrected chi connectivity index (χ0v) is 9.01. The Kier molecular flexibility index (Phi) is 4.26. The molecule has 0 saturated carbocycles. The van der Waals surface area contributed by atoms with Gasteiger partial charge >= 0.3 is 5.97 Å². The van der Waals surface area contributed by atoms with Crippen LogP contribution in [0.3, 0.4) is 0 Å². The van der Waals surface area contributed by atoms with E-state index in [-0.39, 0.29) is 5.97 Å². The second kappa shape index (κ2) is 5.50. The molecule has 0 aliphatic rings. The Morgan fingerprint density at radius 1 is 1.36 bits per heavy atom. The maximum absolute atomic E-state index is 10.7.